The van der Waals surface area contributed by atoms with Gasteiger partial charge in [-0.3, -0.25) is 9.59 Å². The molecule has 0 fully saturated rings. The van der Waals surface area contributed by atoms with Gasteiger partial charge < -0.3 is 10.2 Å². The van der Waals surface area contributed by atoms with Gasteiger partial charge in [-0.25, -0.2) is 4.39 Å². The number of hydrogen-bond acceptors (Lipinski definition) is 2. The van der Waals surface area contributed by atoms with Crippen molar-refractivity contribution >= 4 is 35.0 Å². The van der Waals surface area contributed by atoms with Gasteiger partial charge in [0.2, 0.25) is 11.8 Å². The highest BCUT2D eigenvalue weighted by Gasteiger charge is 2.27. The molecule has 0 radical (unpaired) electrons. The van der Waals surface area contributed by atoms with Crippen LogP contribution >= 0.6 is 23.2 Å². The minimum absolute atomic E-state index is 0.109. The third-order valence-electron chi connectivity index (χ3n) is 4.54. The number of benzene rings is 2. The first-order valence-corrected chi connectivity index (χ1v) is 10.2. The molecule has 0 aliphatic heterocycles. The first-order valence-electron chi connectivity index (χ1n) is 9.44. The minimum Gasteiger partial charge on any atom is -0.354 e. The highest BCUT2D eigenvalue weighted by atomic mass is 35.5. The van der Waals surface area contributed by atoms with Gasteiger partial charge in [0, 0.05) is 28.7 Å². The maximum absolute atomic E-state index is 14.2. The normalized spacial score (nSPS) is 12.0. The molecule has 0 heterocycles. The average Bonchev–Trinajstić information content (AvgIpc) is 2.67. The van der Waals surface area contributed by atoms with E-state index in [1.165, 1.54) is 23.1 Å². The van der Waals surface area contributed by atoms with Crippen LogP contribution in [0.4, 0.5) is 4.39 Å². The van der Waals surface area contributed by atoms with E-state index in [-0.39, 0.29) is 35.4 Å². The molecule has 1 N–H and O–H groups in total. The first-order chi connectivity index (χ1) is 13.7. The molecule has 156 valence electrons. The van der Waals surface area contributed by atoms with Gasteiger partial charge in [-0.15, -0.1) is 0 Å². The smallest absolute Gasteiger partial charge is 0.242 e. The van der Waals surface area contributed by atoms with E-state index in [0.29, 0.717) is 17.1 Å². The fourth-order valence-corrected chi connectivity index (χ4v) is 3.22. The van der Waals surface area contributed by atoms with Crippen LogP contribution in [-0.2, 0) is 22.6 Å². The number of nitrogens with zero attached hydrogens (tertiary/aromatic N) is 1. The second-order valence-corrected chi connectivity index (χ2v) is 8.12. The molecule has 4 nitrogen and oxygen atoms in total. The van der Waals surface area contributed by atoms with Crippen molar-refractivity contribution in [1.29, 1.82) is 0 Å². The Hall–Kier alpha value is -2.11. The van der Waals surface area contributed by atoms with Crippen LogP contribution in [0.3, 0.4) is 0 Å². The van der Waals surface area contributed by atoms with E-state index in [2.05, 4.69) is 5.32 Å². The van der Waals surface area contributed by atoms with E-state index >= 15 is 0 Å². The van der Waals surface area contributed by atoms with E-state index < -0.39 is 17.8 Å². The number of hydrogen-bond donors (Lipinski definition) is 1. The van der Waals surface area contributed by atoms with Gasteiger partial charge in [0.25, 0.3) is 0 Å². The van der Waals surface area contributed by atoms with Crippen molar-refractivity contribution in [1.82, 2.24) is 10.2 Å². The Kier molecular flexibility index (Phi) is 8.47. The highest BCUT2D eigenvalue weighted by molar-refractivity contribution is 6.31. The molecule has 0 saturated carbocycles. The maximum atomic E-state index is 14.2. The Morgan fingerprint density at radius 3 is 2.31 bits per heavy atom. The van der Waals surface area contributed by atoms with Gasteiger partial charge in [-0.2, -0.15) is 0 Å². The lowest BCUT2D eigenvalue weighted by Crippen LogP contribution is -2.48. The molecule has 2 aromatic carbocycles. The maximum Gasteiger partial charge on any atom is 0.242 e. The van der Waals surface area contributed by atoms with E-state index in [9.17, 15) is 14.0 Å². The van der Waals surface area contributed by atoms with E-state index in [4.69, 9.17) is 23.2 Å². The summed E-state index contributed by atoms with van der Waals surface area (Å²) in [6.45, 7) is 6.24. The number of carbonyl (C=O) groups is 2. The summed E-state index contributed by atoms with van der Waals surface area (Å²) in [5.41, 5.74) is 0.809. The number of amides is 2. The molecule has 7 heteroatoms. The predicted molar refractivity (Wildman–Crippen MR) is 114 cm³/mol. The number of rotatable bonds is 8. The van der Waals surface area contributed by atoms with Crippen molar-refractivity contribution in [2.75, 3.05) is 6.54 Å². The fourth-order valence-electron chi connectivity index (χ4n) is 2.80. The van der Waals surface area contributed by atoms with Gasteiger partial charge in [-0.05, 0) is 36.6 Å². The van der Waals surface area contributed by atoms with E-state index in [0.717, 1.165) is 0 Å². The molecule has 29 heavy (non-hydrogen) atoms. The first kappa shape index (κ1) is 23.2. The third-order valence-corrected chi connectivity index (χ3v) is 5.26. The molecule has 2 aromatic rings. The molecule has 0 spiro atoms. The van der Waals surface area contributed by atoms with Crippen LogP contribution in [0.5, 0.6) is 0 Å². The van der Waals surface area contributed by atoms with Gasteiger partial charge >= 0.3 is 0 Å². The van der Waals surface area contributed by atoms with E-state index in [1.807, 2.05) is 13.8 Å². The SMILES string of the molecule is CC(C)CNC(=O)[C@@H](C)N(Cc1ccccc1Cl)C(=O)Cc1c(F)cccc1Cl. The zero-order valence-electron chi connectivity index (χ0n) is 16.7. The Morgan fingerprint density at radius 1 is 1.03 bits per heavy atom. The molecule has 0 unspecified atom stereocenters. The number of nitrogens with one attached hydrogen (secondary N) is 1. The van der Waals surface area contributed by atoms with Crippen molar-refractivity contribution in [3.63, 3.8) is 0 Å². The number of carbonyl (C=O) groups excluding carboxylic acids is 2. The van der Waals surface area contributed by atoms with Crippen molar-refractivity contribution in [3.8, 4) is 0 Å². The summed E-state index contributed by atoms with van der Waals surface area (Å²) in [5.74, 6) is -0.973. The Labute approximate surface area is 181 Å². The summed E-state index contributed by atoms with van der Waals surface area (Å²) in [5, 5.41) is 3.50. The summed E-state index contributed by atoms with van der Waals surface area (Å²) >= 11 is 12.3. The topological polar surface area (TPSA) is 49.4 Å². The number of halogens is 3. The van der Waals surface area contributed by atoms with Crippen molar-refractivity contribution in [2.45, 2.75) is 39.8 Å². The van der Waals surface area contributed by atoms with Crippen LogP contribution in [-0.4, -0.2) is 29.3 Å². The Bertz CT molecular complexity index is 853. The van der Waals surface area contributed by atoms with Crippen LogP contribution < -0.4 is 5.32 Å². The van der Waals surface area contributed by atoms with Crippen molar-refractivity contribution < 1.29 is 14.0 Å². The third kappa shape index (κ3) is 6.44. The zero-order chi connectivity index (χ0) is 21.6. The quantitative estimate of drug-likeness (QED) is 0.639. The second kappa shape index (κ2) is 10.6. The van der Waals surface area contributed by atoms with Crippen LogP contribution in [0.1, 0.15) is 31.9 Å². The summed E-state index contributed by atoms with van der Waals surface area (Å²) in [4.78, 5) is 27.1. The standard InChI is InChI=1S/C22H25Cl2FN2O2/c1-14(2)12-26-22(29)15(3)27(13-16-7-4-5-8-18(16)23)21(28)11-17-19(24)9-6-10-20(17)25/h4-10,14-15H,11-13H2,1-3H3,(H,26,29)/t15-/m1/s1. The lowest BCUT2D eigenvalue weighted by molar-refractivity contribution is -0.140. The van der Waals surface area contributed by atoms with Gasteiger partial charge in [0.1, 0.15) is 11.9 Å². The van der Waals surface area contributed by atoms with Gasteiger partial charge in [-0.1, -0.05) is 61.3 Å². The summed E-state index contributed by atoms with van der Waals surface area (Å²) < 4.78 is 14.2. The Morgan fingerprint density at radius 2 is 1.69 bits per heavy atom. The molecule has 0 aromatic heterocycles. The molecule has 0 bridgehead atoms. The monoisotopic (exact) mass is 438 g/mol. The van der Waals surface area contributed by atoms with Crippen molar-refractivity contribution in [2.24, 2.45) is 5.92 Å². The highest BCUT2D eigenvalue weighted by Crippen LogP contribution is 2.23. The van der Waals surface area contributed by atoms with Crippen LogP contribution in [0.15, 0.2) is 42.5 Å². The molecule has 2 amide bonds. The van der Waals surface area contributed by atoms with Crippen LogP contribution in [0, 0.1) is 11.7 Å². The second-order valence-electron chi connectivity index (χ2n) is 7.31. The summed E-state index contributed by atoms with van der Waals surface area (Å²) in [6, 6.07) is 10.6. The lowest BCUT2D eigenvalue weighted by Gasteiger charge is -2.29. The van der Waals surface area contributed by atoms with Crippen molar-refractivity contribution in [3.05, 3.63) is 69.5 Å². The van der Waals surface area contributed by atoms with Gasteiger partial charge in [0.05, 0.1) is 6.42 Å². The zero-order valence-corrected chi connectivity index (χ0v) is 18.2. The van der Waals surface area contributed by atoms with Gasteiger partial charge in [0.15, 0.2) is 0 Å². The average molecular weight is 439 g/mol. The molecule has 0 saturated heterocycles. The van der Waals surface area contributed by atoms with Crippen LogP contribution in [0.2, 0.25) is 10.0 Å². The molecule has 2 rings (SSSR count). The summed E-state index contributed by atoms with van der Waals surface area (Å²) in [6.07, 6.45) is -0.252. The Balaban J connectivity index is 2.29. The summed E-state index contributed by atoms with van der Waals surface area (Å²) in [7, 11) is 0. The minimum atomic E-state index is -0.761. The molecular formula is C22H25Cl2FN2O2. The molecular weight excluding hydrogens is 414 g/mol. The van der Waals surface area contributed by atoms with Crippen LogP contribution in [0.25, 0.3) is 0 Å². The molecule has 1 atom stereocenters. The lowest BCUT2D eigenvalue weighted by atomic mass is 10.1. The fraction of sp³-hybridized carbons (Fsp3) is 0.364. The molecule has 0 aliphatic rings. The van der Waals surface area contributed by atoms with E-state index in [1.54, 1.807) is 31.2 Å². The molecule has 0 aliphatic carbocycles. The predicted octanol–water partition coefficient (Wildman–Crippen LogP) is 4.86. The largest absolute Gasteiger partial charge is 0.354 e.